The summed E-state index contributed by atoms with van der Waals surface area (Å²) in [6.45, 7) is 3.50. The van der Waals surface area contributed by atoms with Gasteiger partial charge in [-0.1, -0.05) is 29.3 Å². The maximum atomic E-state index is 11.3. The third-order valence-corrected chi connectivity index (χ3v) is 2.64. The summed E-state index contributed by atoms with van der Waals surface area (Å²) in [4.78, 5) is 22.6. The number of benzene rings is 1. The first-order valence-corrected chi connectivity index (χ1v) is 6.25. The monoisotopic (exact) mass is 301 g/mol. The van der Waals surface area contributed by atoms with Crippen LogP contribution in [0.5, 0.6) is 0 Å². The van der Waals surface area contributed by atoms with Gasteiger partial charge in [0.2, 0.25) is 0 Å². The lowest BCUT2D eigenvalue weighted by molar-refractivity contribution is -0.139. The minimum Gasteiger partial charge on any atom is -0.346 e. The average molecular weight is 302 g/mol. The third kappa shape index (κ3) is 4.89. The maximum absolute atomic E-state index is 11.3. The van der Waals surface area contributed by atoms with Gasteiger partial charge in [0.1, 0.15) is 0 Å². The standard InChI is InChI=1S/C12H13Cl2N3O2/c1-7(2)16-11(18)12(19)17-15-6-8-9(13)4-3-5-10(8)14/h3-7H,1-2H3,(H,16,18)(H,17,19)/b15-6+. The molecule has 0 fully saturated rings. The van der Waals surface area contributed by atoms with E-state index in [0.717, 1.165) is 0 Å². The van der Waals surface area contributed by atoms with Crippen LogP contribution in [0.2, 0.25) is 10.0 Å². The van der Waals surface area contributed by atoms with Crippen molar-refractivity contribution >= 4 is 41.2 Å². The normalized spacial score (nSPS) is 10.8. The lowest BCUT2D eigenvalue weighted by atomic mass is 10.2. The van der Waals surface area contributed by atoms with E-state index >= 15 is 0 Å². The minimum atomic E-state index is -0.854. The minimum absolute atomic E-state index is 0.125. The maximum Gasteiger partial charge on any atom is 0.329 e. The molecule has 0 atom stereocenters. The van der Waals surface area contributed by atoms with Crippen LogP contribution in [0.25, 0.3) is 0 Å². The molecule has 7 heteroatoms. The summed E-state index contributed by atoms with van der Waals surface area (Å²) in [5.74, 6) is -1.61. The number of hydrogen-bond acceptors (Lipinski definition) is 3. The molecule has 1 rings (SSSR count). The van der Waals surface area contributed by atoms with Crippen molar-refractivity contribution in [3.63, 3.8) is 0 Å². The molecule has 1 aromatic rings. The van der Waals surface area contributed by atoms with Gasteiger partial charge in [0.15, 0.2) is 0 Å². The number of carbonyl (C=O) groups is 2. The second-order valence-corrected chi connectivity index (χ2v) is 4.78. The molecule has 0 saturated heterocycles. The Labute approximate surface area is 121 Å². The zero-order valence-corrected chi connectivity index (χ0v) is 11.9. The predicted octanol–water partition coefficient (Wildman–Crippen LogP) is 1.97. The van der Waals surface area contributed by atoms with Gasteiger partial charge in [0.05, 0.1) is 16.3 Å². The van der Waals surface area contributed by atoms with E-state index in [1.807, 2.05) is 0 Å². The molecule has 0 spiro atoms. The molecular formula is C12H13Cl2N3O2. The molecule has 1 aromatic carbocycles. The van der Waals surface area contributed by atoms with Crippen LogP contribution < -0.4 is 10.7 Å². The molecule has 0 radical (unpaired) electrons. The van der Waals surface area contributed by atoms with Gasteiger partial charge >= 0.3 is 11.8 Å². The van der Waals surface area contributed by atoms with E-state index in [2.05, 4.69) is 15.8 Å². The number of hydrazone groups is 1. The Morgan fingerprint density at radius 2 is 1.79 bits per heavy atom. The lowest BCUT2D eigenvalue weighted by Gasteiger charge is -2.06. The van der Waals surface area contributed by atoms with Crippen molar-refractivity contribution in [3.05, 3.63) is 33.8 Å². The van der Waals surface area contributed by atoms with Gasteiger partial charge < -0.3 is 5.32 Å². The first-order valence-electron chi connectivity index (χ1n) is 5.49. The van der Waals surface area contributed by atoms with E-state index < -0.39 is 11.8 Å². The fourth-order valence-corrected chi connectivity index (χ4v) is 1.66. The fourth-order valence-electron chi connectivity index (χ4n) is 1.17. The zero-order valence-electron chi connectivity index (χ0n) is 10.4. The SMILES string of the molecule is CC(C)NC(=O)C(=O)N/N=C/c1c(Cl)cccc1Cl. The average Bonchev–Trinajstić information content (AvgIpc) is 2.31. The first-order chi connectivity index (χ1) is 8.91. The molecule has 102 valence electrons. The Kier molecular flexibility index (Phi) is 5.79. The van der Waals surface area contributed by atoms with E-state index in [1.54, 1.807) is 32.0 Å². The van der Waals surface area contributed by atoms with Crippen LogP contribution in [0.1, 0.15) is 19.4 Å². The van der Waals surface area contributed by atoms with Gasteiger partial charge in [-0.25, -0.2) is 5.43 Å². The first kappa shape index (κ1) is 15.5. The number of rotatable bonds is 3. The van der Waals surface area contributed by atoms with Gasteiger partial charge in [0.25, 0.3) is 0 Å². The van der Waals surface area contributed by atoms with Gasteiger partial charge in [-0.2, -0.15) is 5.10 Å². The summed E-state index contributed by atoms with van der Waals surface area (Å²) < 4.78 is 0. The summed E-state index contributed by atoms with van der Waals surface area (Å²) in [7, 11) is 0. The highest BCUT2D eigenvalue weighted by atomic mass is 35.5. The second kappa shape index (κ2) is 7.11. The summed E-state index contributed by atoms with van der Waals surface area (Å²) in [5.41, 5.74) is 2.56. The van der Waals surface area contributed by atoms with Crippen LogP contribution in [0.3, 0.4) is 0 Å². The third-order valence-electron chi connectivity index (χ3n) is 1.99. The van der Waals surface area contributed by atoms with E-state index in [9.17, 15) is 9.59 Å². The lowest BCUT2D eigenvalue weighted by Crippen LogP contribution is -2.41. The number of halogens is 2. The molecule has 0 aliphatic heterocycles. The van der Waals surface area contributed by atoms with Gasteiger partial charge in [-0.15, -0.1) is 0 Å². The number of amides is 2. The number of hydrogen-bond donors (Lipinski definition) is 2. The Morgan fingerprint density at radius 3 is 2.32 bits per heavy atom. The molecule has 0 aliphatic rings. The molecule has 0 aromatic heterocycles. The highest BCUT2D eigenvalue weighted by molar-refractivity contribution is 6.38. The molecular weight excluding hydrogens is 289 g/mol. The van der Waals surface area contributed by atoms with Crippen LogP contribution in [0, 0.1) is 0 Å². The molecule has 5 nitrogen and oxygen atoms in total. The van der Waals surface area contributed by atoms with Crippen molar-refractivity contribution in [2.75, 3.05) is 0 Å². The van der Waals surface area contributed by atoms with E-state index in [1.165, 1.54) is 6.21 Å². The molecule has 0 unspecified atom stereocenters. The summed E-state index contributed by atoms with van der Waals surface area (Å²) in [6.07, 6.45) is 1.28. The number of nitrogens with zero attached hydrogens (tertiary/aromatic N) is 1. The van der Waals surface area contributed by atoms with Crippen molar-refractivity contribution in [1.82, 2.24) is 10.7 Å². The molecule has 19 heavy (non-hydrogen) atoms. The zero-order chi connectivity index (χ0) is 14.4. The Bertz CT molecular complexity index is 495. The van der Waals surface area contributed by atoms with Crippen LogP contribution >= 0.6 is 23.2 Å². The smallest absolute Gasteiger partial charge is 0.329 e. The van der Waals surface area contributed by atoms with E-state index in [0.29, 0.717) is 15.6 Å². The van der Waals surface area contributed by atoms with Crippen molar-refractivity contribution in [3.8, 4) is 0 Å². The molecule has 0 bridgehead atoms. The molecule has 2 amide bonds. The topological polar surface area (TPSA) is 70.6 Å². The Balaban J connectivity index is 2.64. The summed E-state index contributed by atoms with van der Waals surface area (Å²) in [5, 5.41) is 6.87. The molecule has 2 N–H and O–H groups in total. The highest BCUT2D eigenvalue weighted by Gasteiger charge is 2.13. The van der Waals surface area contributed by atoms with Crippen molar-refractivity contribution in [1.29, 1.82) is 0 Å². The van der Waals surface area contributed by atoms with Gasteiger partial charge in [-0.3, -0.25) is 9.59 Å². The second-order valence-electron chi connectivity index (χ2n) is 3.96. The number of nitrogens with one attached hydrogen (secondary N) is 2. The molecule has 0 heterocycles. The predicted molar refractivity (Wildman–Crippen MR) is 75.5 cm³/mol. The van der Waals surface area contributed by atoms with Crippen LogP contribution in [-0.2, 0) is 9.59 Å². The number of carbonyl (C=O) groups excluding carboxylic acids is 2. The molecule has 0 saturated carbocycles. The highest BCUT2D eigenvalue weighted by Crippen LogP contribution is 2.21. The van der Waals surface area contributed by atoms with Crippen molar-refractivity contribution in [2.24, 2.45) is 5.10 Å². The fraction of sp³-hybridized carbons (Fsp3) is 0.250. The Morgan fingerprint density at radius 1 is 1.21 bits per heavy atom. The molecule has 0 aliphatic carbocycles. The van der Waals surface area contributed by atoms with Crippen LogP contribution in [0.4, 0.5) is 0 Å². The Hall–Kier alpha value is -1.59. The van der Waals surface area contributed by atoms with Crippen molar-refractivity contribution < 1.29 is 9.59 Å². The van der Waals surface area contributed by atoms with Gasteiger partial charge in [-0.05, 0) is 26.0 Å². The van der Waals surface area contributed by atoms with Gasteiger partial charge in [0, 0.05) is 11.6 Å². The largest absolute Gasteiger partial charge is 0.346 e. The quantitative estimate of drug-likeness (QED) is 0.509. The van der Waals surface area contributed by atoms with E-state index in [-0.39, 0.29) is 6.04 Å². The van der Waals surface area contributed by atoms with Crippen LogP contribution in [0.15, 0.2) is 23.3 Å². The van der Waals surface area contributed by atoms with Crippen LogP contribution in [-0.4, -0.2) is 24.1 Å². The summed E-state index contributed by atoms with van der Waals surface area (Å²) in [6, 6.07) is 4.85. The summed E-state index contributed by atoms with van der Waals surface area (Å²) >= 11 is 11.8. The van der Waals surface area contributed by atoms with Crippen molar-refractivity contribution in [2.45, 2.75) is 19.9 Å². The van der Waals surface area contributed by atoms with E-state index in [4.69, 9.17) is 23.2 Å².